The minimum Gasteiger partial charge on any atom is -0.452 e. The van der Waals surface area contributed by atoms with Gasteiger partial charge in [0.1, 0.15) is 0 Å². The summed E-state index contributed by atoms with van der Waals surface area (Å²) in [5.41, 5.74) is 0. The summed E-state index contributed by atoms with van der Waals surface area (Å²) in [4.78, 5) is 28.2. The molecule has 0 unspecified atom stereocenters. The summed E-state index contributed by atoms with van der Waals surface area (Å²) in [6, 6.07) is 0. The van der Waals surface area contributed by atoms with Crippen molar-refractivity contribution < 1.29 is 14.3 Å². The number of likely N-dealkylation sites (tertiary alicyclic amines) is 2. The lowest BCUT2D eigenvalue weighted by Gasteiger charge is -2.14. The Morgan fingerprint density at radius 2 is 1.80 bits per heavy atom. The Morgan fingerprint density at radius 3 is 2.56 bits per heavy atom. The highest BCUT2D eigenvalue weighted by molar-refractivity contribution is 5.85. The molecule has 0 aromatic rings. The SMILES string of the molecule is CCCCCCCC(=O)O[C@@H]1CCN(CC#CCN2CCCC2)C1=O. The molecule has 0 radical (unpaired) electrons. The number of carbonyl (C=O) groups is 2. The first-order chi connectivity index (χ1) is 12.2. The zero-order valence-corrected chi connectivity index (χ0v) is 15.6. The van der Waals surface area contributed by atoms with Gasteiger partial charge in [-0.1, -0.05) is 44.4 Å². The fourth-order valence-electron chi connectivity index (χ4n) is 3.33. The lowest BCUT2D eigenvalue weighted by Crippen LogP contribution is -2.32. The number of nitrogens with zero attached hydrogens (tertiary/aromatic N) is 2. The van der Waals surface area contributed by atoms with Gasteiger partial charge in [0.15, 0.2) is 6.10 Å². The quantitative estimate of drug-likeness (QED) is 0.365. The summed E-state index contributed by atoms with van der Waals surface area (Å²) in [7, 11) is 0. The molecule has 0 spiro atoms. The van der Waals surface area contributed by atoms with E-state index in [4.69, 9.17) is 4.74 Å². The molecule has 5 nitrogen and oxygen atoms in total. The standard InChI is InChI=1S/C20H32N2O3/c1-2-3-4-5-6-11-19(23)25-18-12-17-22(20(18)24)16-10-9-15-21-13-7-8-14-21/h18H,2-8,11-17H2,1H3/t18-/m1/s1. The van der Waals surface area contributed by atoms with E-state index in [1.807, 2.05) is 0 Å². The molecule has 0 bridgehead atoms. The number of ether oxygens (including phenoxy) is 1. The van der Waals surface area contributed by atoms with Crippen molar-refractivity contribution in [2.75, 3.05) is 32.7 Å². The molecule has 0 aromatic carbocycles. The van der Waals surface area contributed by atoms with Gasteiger partial charge in [-0.25, -0.2) is 0 Å². The first-order valence-corrected chi connectivity index (χ1v) is 9.87. The van der Waals surface area contributed by atoms with E-state index in [1.165, 1.54) is 25.7 Å². The Bertz CT molecular complexity index is 489. The minimum atomic E-state index is -0.594. The van der Waals surface area contributed by atoms with Gasteiger partial charge in [-0.15, -0.1) is 0 Å². The van der Waals surface area contributed by atoms with E-state index in [1.54, 1.807) is 4.90 Å². The third-order valence-corrected chi connectivity index (χ3v) is 4.90. The normalized spacial score (nSPS) is 20.6. The van der Waals surface area contributed by atoms with Gasteiger partial charge in [0, 0.05) is 19.4 Å². The second kappa shape index (κ2) is 11.1. The van der Waals surface area contributed by atoms with E-state index >= 15 is 0 Å². The van der Waals surface area contributed by atoms with Crippen LogP contribution in [0.1, 0.15) is 64.7 Å². The highest BCUT2D eigenvalue weighted by Crippen LogP contribution is 2.16. The second-order valence-electron chi connectivity index (χ2n) is 7.03. The van der Waals surface area contributed by atoms with Gasteiger partial charge in [0.2, 0.25) is 0 Å². The Balaban J connectivity index is 1.61. The molecule has 2 saturated heterocycles. The zero-order valence-electron chi connectivity index (χ0n) is 15.6. The van der Waals surface area contributed by atoms with E-state index in [0.717, 1.165) is 38.9 Å². The predicted octanol–water partition coefficient (Wildman–Crippen LogP) is 2.59. The number of amides is 1. The summed E-state index contributed by atoms with van der Waals surface area (Å²) in [5, 5.41) is 0. The maximum absolute atomic E-state index is 12.3. The van der Waals surface area contributed by atoms with Crippen LogP contribution in [-0.4, -0.2) is 60.5 Å². The molecule has 0 N–H and O–H groups in total. The lowest BCUT2D eigenvalue weighted by atomic mass is 10.1. The molecule has 140 valence electrons. The van der Waals surface area contributed by atoms with Crippen molar-refractivity contribution in [1.29, 1.82) is 0 Å². The number of hydrogen-bond donors (Lipinski definition) is 0. The number of unbranched alkanes of at least 4 members (excludes halogenated alkanes) is 4. The van der Waals surface area contributed by atoms with E-state index < -0.39 is 6.10 Å². The monoisotopic (exact) mass is 348 g/mol. The number of carbonyl (C=O) groups excluding carboxylic acids is 2. The molecular weight excluding hydrogens is 316 g/mol. The number of rotatable bonds is 9. The molecule has 2 fully saturated rings. The molecule has 2 aliphatic rings. The van der Waals surface area contributed by atoms with Gasteiger partial charge in [0.05, 0.1) is 13.1 Å². The van der Waals surface area contributed by atoms with E-state index in [-0.39, 0.29) is 11.9 Å². The van der Waals surface area contributed by atoms with Crippen LogP contribution < -0.4 is 0 Å². The summed E-state index contributed by atoms with van der Waals surface area (Å²) in [6.45, 7) is 6.30. The van der Waals surface area contributed by atoms with Crippen molar-refractivity contribution in [1.82, 2.24) is 9.80 Å². The molecule has 2 rings (SSSR count). The Labute approximate surface area is 152 Å². The first kappa shape index (κ1) is 19.8. The van der Waals surface area contributed by atoms with Crippen molar-refractivity contribution in [3.8, 4) is 11.8 Å². The van der Waals surface area contributed by atoms with E-state index in [2.05, 4.69) is 23.7 Å². The molecule has 5 heteroatoms. The van der Waals surface area contributed by atoms with Gasteiger partial charge in [-0.3, -0.25) is 14.5 Å². The summed E-state index contributed by atoms with van der Waals surface area (Å²) in [5.74, 6) is 5.91. The third kappa shape index (κ3) is 7.07. The van der Waals surface area contributed by atoms with Gasteiger partial charge in [0.25, 0.3) is 5.91 Å². The van der Waals surface area contributed by atoms with Crippen LogP contribution >= 0.6 is 0 Å². The highest BCUT2D eigenvalue weighted by atomic mass is 16.5. The van der Waals surface area contributed by atoms with Crippen LogP contribution in [0.5, 0.6) is 0 Å². The van der Waals surface area contributed by atoms with Crippen LogP contribution in [0.3, 0.4) is 0 Å². The van der Waals surface area contributed by atoms with Crippen LogP contribution in [0.15, 0.2) is 0 Å². The van der Waals surface area contributed by atoms with Crippen LogP contribution in [-0.2, 0) is 14.3 Å². The summed E-state index contributed by atoms with van der Waals surface area (Å²) >= 11 is 0. The Morgan fingerprint density at radius 1 is 1.08 bits per heavy atom. The largest absolute Gasteiger partial charge is 0.452 e. The Hall–Kier alpha value is -1.54. The fraction of sp³-hybridized carbons (Fsp3) is 0.800. The molecule has 2 heterocycles. The van der Waals surface area contributed by atoms with Gasteiger partial charge >= 0.3 is 5.97 Å². The smallest absolute Gasteiger partial charge is 0.306 e. The van der Waals surface area contributed by atoms with Gasteiger partial charge in [-0.05, 0) is 32.4 Å². The summed E-state index contributed by atoms with van der Waals surface area (Å²) < 4.78 is 5.36. The average molecular weight is 348 g/mol. The number of esters is 1. The topological polar surface area (TPSA) is 49.9 Å². The van der Waals surface area contributed by atoms with Crippen molar-refractivity contribution in [3.63, 3.8) is 0 Å². The maximum atomic E-state index is 12.3. The molecular formula is C20H32N2O3. The number of hydrogen-bond acceptors (Lipinski definition) is 4. The van der Waals surface area contributed by atoms with Crippen LogP contribution in [0.4, 0.5) is 0 Å². The minimum absolute atomic E-state index is 0.0881. The molecule has 2 aliphatic heterocycles. The second-order valence-corrected chi connectivity index (χ2v) is 7.03. The third-order valence-electron chi connectivity index (χ3n) is 4.90. The molecule has 1 amide bonds. The van der Waals surface area contributed by atoms with Crippen LogP contribution in [0.25, 0.3) is 0 Å². The average Bonchev–Trinajstić information content (AvgIpc) is 3.23. The first-order valence-electron chi connectivity index (χ1n) is 9.87. The molecule has 0 saturated carbocycles. The molecule has 1 atom stereocenters. The van der Waals surface area contributed by atoms with Gasteiger partial charge in [-0.2, -0.15) is 0 Å². The van der Waals surface area contributed by atoms with E-state index in [0.29, 0.717) is 25.9 Å². The van der Waals surface area contributed by atoms with Crippen LogP contribution in [0, 0.1) is 11.8 Å². The van der Waals surface area contributed by atoms with Crippen molar-refractivity contribution in [2.45, 2.75) is 70.8 Å². The molecule has 0 aromatic heterocycles. The fourth-order valence-corrected chi connectivity index (χ4v) is 3.33. The van der Waals surface area contributed by atoms with Gasteiger partial charge < -0.3 is 9.64 Å². The Kier molecular flexibility index (Phi) is 8.82. The lowest BCUT2D eigenvalue weighted by molar-refractivity contribution is -0.156. The van der Waals surface area contributed by atoms with Crippen molar-refractivity contribution in [2.24, 2.45) is 0 Å². The zero-order chi connectivity index (χ0) is 17.9. The molecule has 0 aliphatic carbocycles. The predicted molar refractivity (Wildman–Crippen MR) is 97.9 cm³/mol. The van der Waals surface area contributed by atoms with E-state index in [9.17, 15) is 9.59 Å². The summed E-state index contributed by atoms with van der Waals surface area (Å²) in [6.07, 6.45) is 8.42. The van der Waals surface area contributed by atoms with Crippen molar-refractivity contribution in [3.05, 3.63) is 0 Å². The van der Waals surface area contributed by atoms with Crippen molar-refractivity contribution >= 4 is 11.9 Å². The maximum Gasteiger partial charge on any atom is 0.306 e. The molecule has 25 heavy (non-hydrogen) atoms. The highest BCUT2D eigenvalue weighted by Gasteiger charge is 2.33. The van der Waals surface area contributed by atoms with Crippen LogP contribution in [0.2, 0.25) is 0 Å².